The number of nitrogens with zero attached hydrogens (tertiary/aromatic N) is 5. The molecule has 1 unspecified atom stereocenters. The number of benzene rings is 3. The van der Waals surface area contributed by atoms with Crippen molar-refractivity contribution in [3.8, 4) is 28.6 Å². The average Bonchev–Trinajstić information content (AvgIpc) is 3.48. The predicted octanol–water partition coefficient (Wildman–Crippen LogP) is 4.32. The van der Waals surface area contributed by atoms with E-state index in [9.17, 15) is 9.59 Å². The number of carbonyl (C=O) groups excluding carboxylic acids is 2. The standard InChI is InChI=1S/C32H35N5O5S/c1-23-19-35(16-17-36(23)29(38)21-42-20-24-8-5-4-6-9-24)30(39)22-43-32-34-33-31(25-10-7-11-28(18-25)41-3)37(32)26-12-14-27(40-2)15-13-26/h4-15,18,23H,16-17,19-22H2,1-3H3. The first-order chi connectivity index (χ1) is 21.0. The fourth-order valence-electron chi connectivity index (χ4n) is 4.96. The normalized spacial score (nSPS) is 14.9. The zero-order chi connectivity index (χ0) is 30.2. The third kappa shape index (κ3) is 7.36. The van der Waals surface area contributed by atoms with E-state index < -0.39 is 0 Å². The van der Waals surface area contributed by atoms with E-state index in [0.29, 0.717) is 43.0 Å². The SMILES string of the molecule is COc1ccc(-n2c(SCC(=O)N3CCN(C(=O)COCc4ccccc4)C(C)C3)nnc2-c2cccc(OC)c2)cc1. The van der Waals surface area contributed by atoms with Crippen molar-refractivity contribution in [2.24, 2.45) is 0 Å². The van der Waals surface area contributed by atoms with Crippen LogP contribution in [-0.2, 0) is 20.9 Å². The lowest BCUT2D eigenvalue weighted by Crippen LogP contribution is -2.56. The van der Waals surface area contributed by atoms with Gasteiger partial charge in [-0.05, 0) is 48.9 Å². The number of aromatic nitrogens is 3. The summed E-state index contributed by atoms with van der Waals surface area (Å²) in [5, 5.41) is 9.52. The summed E-state index contributed by atoms with van der Waals surface area (Å²) in [6.45, 7) is 3.75. The Morgan fingerprint density at radius 1 is 0.884 bits per heavy atom. The fourth-order valence-corrected chi connectivity index (χ4v) is 5.82. The highest BCUT2D eigenvalue weighted by Gasteiger charge is 2.30. The zero-order valence-electron chi connectivity index (χ0n) is 24.5. The molecule has 2 heterocycles. The molecule has 224 valence electrons. The van der Waals surface area contributed by atoms with Crippen molar-refractivity contribution < 1.29 is 23.8 Å². The van der Waals surface area contributed by atoms with Crippen LogP contribution in [0.1, 0.15) is 12.5 Å². The lowest BCUT2D eigenvalue weighted by atomic mass is 10.2. The van der Waals surface area contributed by atoms with Crippen LogP contribution in [0.4, 0.5) is 0 Å². The first-order valence-corrected chi connectivity index (χ1v) is 15.0. The Kier molecular flexibility index (Phi) is 9.96. The van der Waals surface area contributed by atoms with Gasteiger partial charge in [0.1, 0.15) is 18.1 Å². The van der Waals surface area contributed by atoms with Crippen molar-refractivity contribution >= 4 is 23.6 Å². The zero-order valence-corrected chi connectivity index (χ0v) is 25.3. The Morgan fingerprint density at radius 3 is 2.37 bits per heavy atom. The van der Waals surface area contributed by atoms with Gasteiger partial charge in [0.2, 0.25) is 11.8 Å². The summed E-state index contributed by atoms with van der Waals surface area (Å²) >= 11 is 1.33. The molecular formula is C32H35N5O5S. The molecule has 0 radical (unpaired) electrons. The maximum atomic E-state index is 13.3. The van der Waals surface area contributed by atoms with Crippen LogP contribution in [0.5, 0.6) is 11.5 Å². The van der Waals surface area contributed by atoms with E-state index in [-0.39, 0.29) is 30.2 Å². The van der Waals surface area contributed by atoms with Crippen molar-refractivity contribution in [2.45, 2.75) is 24.7 Å². The van der Waals surface area contributed by atoms with Crippen molar-refractivity contribution in [3.05, 3.63) is 84.4 Å². The van der Waals surface area contributed by atoms with Gasteiger partial charge in [0.25, 0.3) is 0 Å². The third-order valence-electron chi connectivity index (χ3n) is 7.25. The van der Waals surface area contributed by atoms with Crippen molar-refractivity contribution in [1.29, 1.82) is 0 Å². The van der Waals surface area contributed by atoms with Crippen LogP contribution in [0.3, 0.4) is 0 Å². The van der Waals surface area contributed by atoms with Crippen molar-refractivity contribution in [3.63, 3.8) is 0 Å². The minimum atomic E-state index is -0.113. The van der Waals surface area contributed by atoms with Gasteiger partial charge in [0.05, 0.1) is 26.6 Å². The van der Waals surface area contributed by atoms with Gasteiger partial charge in [-0.1, -0.05) is 54.2 Å². The van der Waals surface area contributed by atoms with E-state index in [2.05, 4.69) is 10.2 Å². The van der Waals surface area contributed by atoms with Gasteiger partial charge in [0, 0.05) is 36.9 Å². The van der Waals surface area contributed by atoms with Crippen LogP contribution in [-0.4, -0.2) is 88.6 Å². The Labute approximate surface area is 255 Å². The minimum absolute atomic E-state index is 0.0136. The topological polar surface area (TPSA) is 99.0 Å². The highest BCUT2D eigenvalue weighted by molar-refractivity contribution is 7.99. The van der Waals surface area contributed by atoms with Crippen LogP contribution in [0, 0.1) is 0 Å². The molecule has 10 nitrogen and oxygen atoms in total. The number of ether oxygens (including phenoxy) is 3. The molecule has 0 saturated carbocycles. The first kappa shape index (κ1) is 30.1. The van der Waals surface area contributed by atoms with Gasteiger partial charge in [-0.25, -0.2) is 0 Å². The van der Waals surface area contributed by atoms with Gasteiger partial charge in [-0.3, -0.25) is 14.2 Å². The maximum absolute atomic E-state index is 13.3. The summed E-state index contributed by atoms with van der Waals surface area (Å²) in [6, 6.07) is 24.9. The molecule has 3 aromatic carbocycles. The predicted molar refractivity (Wildman–Crippen MR) is 164 cm³/mol. The van der Waals surface area contributed by atoms with Gasteiger partial charge >= 0.3 is 0 Å². The van der Waals surface area contributed by atoms with E-state index in [1.165, 1.54) is 11.8 Å². The quantitative estimate of drug-likeness (QED) is 0.235. The number of methoxy groups -OCH3 is 2. The molecular weight excluding hydrogens is 566 g/mol. The molecule has 2 amide bonds. The minimum Gasteiger partial charge on any atom is -0.497 e. The van der Waals surface area contributed by atoms with Crippen LogP contribution in [0.15, 0.2) is 84.0 Å². The van der Waals surface area contributed by atoms with Crippen LogP contribution >= 0.6 is 11.8 Å². The number of hydrogen-bond donors (Lipinski definition) is 0. The molecule has 0 aliphatic carbocycles. The number of rotatable bonds is 11. The van der Waals surface area contributed by atoms with E-state index >= 15 is 0 Å². The number of carbonyl (C=O) groups is 2. The summed E-state index contributed by atoms with van der Waals surface area (Å²) < 4.78 is 18.3. The summed E-state index contributed by atoms with van der Waals surface area (Å²) in [5.41, 5.74) is 2.70. The van der Waals surface area contributed by atoms with E-state index in [0.717, 1.165) is 22.6 Å². The third-order valence-corrected chi connectivity index (χ3v) is 8.17. The van der Waals surface area contributed by atoms with E-state index in [1.54, 1.807) is 19.1 Å². The summed E-state index contributed by atoms with van der Waals surface area (Å²) in [6.07, 6.45) is 0. The number of hydrogen-bond acceptors (Lipinski definition) is 8. The molecule has 4 aromatic rings. The summed E-state index contributed by atoms with van der Waals surface area (Å²) in [7, 11) is 3.25. The van der Waals surface area contributed by atoms with Crippen LogP contribution in [0.25, 0.3) is 17.1 Å². The molecule has 5 rings (SSSR count). The van der Waals surface area contributed by atoms with E-state index in [4.69, 9.17) is 14.2 Å². The van der Waals surface area contributed by atoms with Gasteiger partial charge in [-0.15, -0.1) is 10.2 Å². The second-order valence-corrected chi connectivity index (χ2v) is 11.1. The molecule has 1 aliphatic heterocycles. The van der Waals surface area contributed by atoms with Gasteiger partial charge in [-0.2, -0.15) is 0 Å². The first-order valence-electron chi connectivity index (χ1n) is 14.0. The second kappa shape index (κ2) is 14.2. The molecule has 43 heavy (non-hydrogen) atoms. The highest BCUT2D eigenvalue weighted by atomic mass is 32.2. The Morgan fingerprint density at radius 2 is 1.65 bits per heavy atom. The Balaban J connectivity index is 1.22. The lowest BCUT2D eigenvalue weighted by molar-refractivity contribution is -0.145. The van der Waals surface area contributed by atoms with Crippen LogP contribution < -0.4 is 9.47 Å². The molecule has 0 spiro atoms. The molecule has 1 aromatic heterocycles. The molecule has 1 atom stereocenters. The van der Waals surface area contributed by atoms with Crippen molar-refractivity contribution in [1.82, 2.24) is 24.6 Å². The molecule has 1 aliphatic rings. The van der Waals surface area contributed by atoms with Gasteiger partial charge in [0.15, 0.2) is 11.0 Å². The molecule has 0 N–H and O–H groups in total. The van der Waals surface area contributed by atoms with Crippen LogP contribution in [0.2, 0.25) is 0 Å². The summed E-state index contributed by atoms with van der Waals surface area (Å²) in [5.74, 6) is 2.18. The lowest BCUT2D eigenvalue weighted by Gasteiger charge is -2.39. The fraction of sp³-hybridized carbons (Fsp3) is 0.312. The smallest absolute Gasteiger partial charge is 0.248 e. The average molecular weight is 602 g/mol. The highest BCUT2D eigenvalue weighted by Crippen LogP contribution is 2.30. The van der Waals surface area contributed by atoms with Crippen molar-refractivity contribution in [2.75, 3.05) is 46.2 Å². The maximum Gasteiger partial charge on any atom is 0.248 e. The number of piperazine rings is 1. The number of thioether (sulfide) groups is 1. The van der Waals surface area contributed by atoms with E-state index in [1.807, 2.05) is 95.3 Å². The Bertz CT molecular complexity index is 1530. The second-order valence-electron chi connectivity index (χ2n) is 10.1. The van der Waals surface area contributed by atoms with Gasteiger partial charge < -0.3 is 24.0 Å². The largest absolute Gasteiger partial charge is 0.497 e. The molecule has 1 fully saturated rings. The molecule has 0 bridgehead atoms. The Hall–Kier alpha value is -4.35. The monoisotopic (exact) mass is 601 g/mol. The summed E-state index contributed by atoms with van der Waals surface area (Å²) in [4.78, 5) is 29.7. The molecule has 1 saturated heterocycles. The number of amides is 2. The molecule has 11 heteroatoms.